The van der Waals surface area contributed by atoms with Gasteiger partial charge in [0.15, 0.2) is 0 Å². The highest BCUT2D eigenvalue weighted by Gasteiger charge is 2.40. The van der Waals surface area contributed by atoms with Crippen molar-refractivity contribution < 1.29 is 24.2 Å². The second kappa shape index (κ2) is 11.6. The zero-order valence-corrected chi connectivity index (χ0v) is 21.1. The van der Waals surface area contributed by atoms with Gasteiger partial charge in [0.05, 0.1) is 18.2 Å². The smallest absolute Gasteiger partial charge is 0.333 e. The van der Waals surface area contributed by atoms with E-state index in [-0.39, 0.29) is 24.5 Å². The number of nitrogens with zero attached hydrogens (tertiary/aromatic N) is 1. The number of ether oxygens (including phenoxy) is 1. The van der Waals surface area contributed by atoms with Crippen molar-refractivity contribution in [2.45, 2.75) is 86.0 Å². The van der Waals surface area contributed by atoms with E-state index in [0.717, 1.165) is 0 Å². The Morgan fingerprint density at radius 3 is 1.97 bits per heavy atom. The Morgan fingerprint density at radius 2 is 1.61 bits per heavy atom. The summed E-state index contributed by atoms with van der Waals surface area (Å²) in [6, 6.07) is -2.09. The van der Waals surface area contributed by atoms with E-state index in [1.807, 2.05) is 34.6 Å². The van der Waals surface area contributed by atoms with Crippen LogP contribution in [0.3, 0.4) is 0 Å². The minimum absolute atomic E-state index is 0.0241. The van der Waals surface area contributed by atoms with Crippen molar-refractivity contribution in [1.29, 1.82) is 0 Å². The van der Waals surface area contributed by atoms with Crippen LogP contribution in [0.2, 0.25) is 0 Å². The molecule has 0 heterocycles. The fourth-order valence-corrected chi connectivity index (χ4v) is 3.35. The molecule has 3 N–H and O–H groups in total. The van der Waals surface area contributed by atoms with Gasteiger partial charge in [0.25, 0.3) is 0 Å². The Morgan fingerprint density at radius 1 is 1.10 bits per heavy atom. The van der Waals surface area contributed by atoms with Crippen LogP contribution in [-0.2, 0) is 19.1 Å². The molecule has 180 valence electrons. The second-order valence-electron chi connectivity index (χ2n) is 9.94. The number of carbonyl (C=O) groups is 3. The Balaban J connectivity index is 5.91. The number of hydrogen-bond donors (Lipinski definition) is 3. The lowest BCUT2D eigenvalue weighted by Gasteiger charge is -2.38. The molecule has 0 saturated heterocycles. The van der Waals surface area contributed by atoms with Crippen LogP contribution in [0.15, 0.2) is 11.6 Å². The van der Waals surface area contributed by atoms with Crippen LogP contribution in [0.25, 0.3) is 0 Å². The van der Waals surface area contributed by atoms with Crippen LogP contribution in [0.1, 0.15) is 62.3 Å². The third kappa shape index (κ3) is 8.61. The molecule has 0 aromatic heterocycles. The number of rotatable bonds is 10. The van der Waals surface area contributed by atoms with Gasteiger partial charge in [-0.25, -0.2) is 4.79 Å². The zero-order chi connectivity index (χ0) is 24.7. The van der Waals surface area contributed by atoms with Gasteiger partial charge in [-0.2, -0.15) is 0 Å². The quantitative estimate of drug-likeness (QED) is 0.353. The van der Waals surface area contributed by atoms with E-state index in [4.69, 9.17) is 4.74 Å². The second-order valence-corrected chi connectivity index (χ2v) is 9.94. The summed E-state index contributed by atoms with van der Waals surface area (Å²) < 4.78 is 5.05. The van der Waals surface area contributed by atoms with Crippen LogP contribution in [-0.4, -0.2) is 72.2 Å². The van der Waals surface area contributed by atoms with E-state index >= 15 is 0 Å². The number of aliphatic hydroxyl groups is 1. The first-order chi connectivity index (χ1) is 14.0. The number of esters is 1. The van der Waals surface area contributed by atoms with E-state index in [2.05, 4.69) is 10.6 Å². The summed E-state index contributed by atoms with van der Waals surface area (Å²) in [5, 5.41) is 15.9. The Bertz CT molecular complexity index is 659. The van der Waals surface area contributed by atoms with Crippen molar-refractivity contribution in [3.8, 4) is 0 Å². The van der Waals surface area contributed by atoms with Crippen molar-refractivity contribution in [2.75, 3.05) is 20.7 Å². The SMILES string of the molecule is CCOC(=O)/C(C)=C/[C@H](C(C)C)N(C)C(=O)[C@@H](NC(=O)[C@@H](NC)C(C)(C)O)C(C)(C)C. The summed E-state index contributed by atoms with van der Waals surface area (Å²) in [6.07, 6.45) is 1.73. The van der Waals surface area contributed by atoms with Gasteiger partial charge in [-0.05, 0) is 46.1 Å². The standard InChI is InChI=1S/C23H43N3O5/c1-12-31-21(29)15(4)13-16(14(2)3)26(11)20(28)18(22(5,6)7)25-19(27)17(24-10)23(8,9)30/h13-14,16-18,24,30H,12H2,1-11H3,(H,25,27)/b15-13+/t16-,17-,18-/m1/s1. The zero-order valence-electron chi connectivity index (χ0n) is 21.1. The molecule has 3 atom stereocenters. The molecule has 0 bridgehead atoms. The summed E-state index contributed by atoms with van der Waals surface area (Å²) in [4.78, 5) is 40.0. The predicted octanol–water partition coefficient (Wildman–Crippen LogP) is 1.87. The molecule has 2 amide bonds. The van der Waals surface area contributed by atoms with Crippen LogP contribution in [0, 0.1) is 11.3 Å². The van der Waals surface area contributed by atoms with Gasteiger partial charge < -0.3 is 25.4 Å². The molecule has 0 radical (unpaired) electrons. The minimum Gasteiger partial charge on any atom is -0.463 e. The van der Waals surface area contributed by atoms with Crippen molar-refractivity contribution in [1.82, 2.24) is 15.5 Å². The molecule has 8 nitrogen and oxygen atoms in total. The number of hydrogen-bond acceptors (Lipinski definition) is 6. The van der Waals surface area contributed by atoms with Crippen LogP contribution in [0.5, 0.6) is 0 Å². The first-order valence-electron chi connectivity index (χ1n) is 10.8. The lowest BCUT2D eigenvalue weighted by molar-refractivity contribution is -0.142. The fraction of sp³-hybridized carbons (Fsp3) is 0.783. The van der Waals surface area contributed by atoms with Crippen LogP contribution < -0.4 is 10.6 Å². The summed E-state index contributed by atoms with van der Waals surface area (Å²) in [5.74, 6) is -1.14. The molecule has 0 aliphatic heterocycles. The van der Waals surface area contributed by atoms with Crippen LogP contribution >= 0.6 is 0 Å². The molecular weight excluding hydrogens is 398 g/mol. The maximum Gasteiger partial charge on any atom is 0.333 e. The Hall–Kier alpha value is -1.93. The maximum absolute atomic E-state index is 13.5. The third-order valence-electron chi connectivity index (χ3n) is 5.15. The molecule has 0 fully saturated rings. The highest BCUT2D eigenvalue weighted by molar-refractivity contribution is 5.91. The average molecular weight is 442 g/mol. The highest BCUT2D eigenvalue weighted by atomic mass is 16.5. The third-order valence-corrected chi connectivity index (χ3v) is 5.15. The largest absolute Gasteiger partial charge is 0.463 e. The summed E-state index contributed by atoms with van der Waals surface area (Å²) in [7, 11) is 3.25. The molecule has 0 aromatic rings. The van der Waals surface area contributed by atoms with Gasteiger partial charge in [0, 0.05) is 12.6 Å². The molecule has 0 aliphatic rings. The fourth-order valence-electron chi connectivity index (χ4n) is 3.35. The van der Waals surface area contributed by atoms with E-state index in [1.165, 1.54) is 13.8 Å². The van der Waals surface area contributed by atoms with Gasteiger partial charge in [0.1, 0.15) is 12.1 Å². The molecule has 0 unspecified atom stereocenters. The Kier molecular flexibility index (Phi) is 10.9. The minimum atomic E-state index is -1.31. The molecule has 0 aromatic carbocycles. The lowest BCUT2D eigenvalue weighted by Crippen LogP contribution is -2.62. The number of likely N-dealkylation sites (N-methyl/N-ethyl adjacent to an activating group) is 2. The summed E-state index contributed by atoms with van der Waals surface area (Å²) >= 11 is 0. The van der Waals surface area contributed by atoms with Crippen LogP contribution in [0.4, 0.5) is 0 Å². The van der Waals surface area contributed by atoms with E-state index in [9.17, 15) is 19.5 Å². The Labute approximate surface area is 187 Å². The number of nitrogens with one attached hydrogen (secondary N) is 2. The molecular formula is C23H43N3O5. The van der Waals surface area contributed by atoms with Crippen molar-refractivity contribution in [3.05, 3.63) is 11.6 Å². The first-order valence-corrected chi connectivity index (χ1v) is 10.8. The normalized spacial score (nSPS) is 15.8. The number of amides is 2. The topological polar surface area (TPSA) is 108 Å². The predicted molar refractivity (Wildman–Crippen MR) is 122 cm³/mol. The molecule has 0 spiro atoms. The van der Waals surface area contributed by atoms with E-state index in [0.29, 0.717) is 5.57 Å². The number of carbonyl (C=O) groups excluding carboxylic acids is 3. The van der Waals surface area contributed by atoms with Gasteiger partial charge in [-0.1, -0.05) is 40.7 Å². The summed E-state index contributed by atoms with van der Waals surface area (Å²) in [5.41, 5.74) is -1.47. The van der Waals surface area contributed by atoms with Gasteiger partial charge in [0.2, 0.25) is 11.8 Å². The van der Waals surface area contributed by atoms with Crippen molar-refractivity contribution >= 4 is 17.8 Å². The molecule has 0 saturated carbocycles. The summed E-state index contributed by atoms with van der Waals surface area (Å²) in [6.45, 7) is 16.3. The average Bonchev–Trinajstić information content (AvgIpc) is 2.61. The highest BCUT2D eigenvalue weighted by Crippen LogP contribution is 2.24. The van der Waals surface area contributed by atoms with Gasteiger partial charge >= 0.3 is 5.97 Å². The van der Waals surface area contributed by atoms with Crippen molar-refractivity contribution in [3.63, 3.8) is 0 Å². The van der Waals surface area contributed by atoms with E-state index < -0.39 is 35.0 Å². The molecule has 0 aliphatic carbocycles. The van der Waals surface area contributed by atoms with Gasteiger partial charge in [-0.3, -0.25) is 9.59 Å². The van der Waals surface area contributed by atoms with Crippen molar-refractivity contribution in [2.24, 2.45) is 11.3 Å². The van der Waals surface area contributed by atoms with Gasteiger partial charge in [-0.15, -0.1) is 0 Å². The molecule has 31 heavy (non-hydrogen) atoms. The monoisotopic (exact) mass is 441 g/mol. The maximum atomic E-state index is 13.5. The molecule has 8 heteroatoms. The first kappa shape index (κ1) is 29.1. The molecule has 0 rings (SSSR count). The van der Waals surface area contributed by atoms with E-state index in [1.54, 1.807) is 38.9 Å². The lowest BCUT2D eigenvalue weighted by atomic mass is 9.84.